The Kier molecular flexibility index (Phi) is 6.54. The smallest absolute Gasteiger partial charge is 0.307 e. The molecule has 0 aliphatic heterocycles. The van der Waals surface area contributed by atoms with Gasteiger partial charge in [-0.3, -0.25) is 19.2 Å². The van der Waals surface area contributed by atoms with Crippen LogP contribution in [0.1, 0.15) is 64.5 Å². The molecule has 0 radical (unpaired) electrons. The lowest BCUT2D eigenvalue weighted by atomic mass is 10.0. The molecule has 1 N–H and O–H groups in total. The van der Waals surface area contributed by atoms with Gasteiger partial charge in [-0.15, -0.1) is 0 Å². The molecule has 0 fully saturated rings. The second-order valence-electron chi connectivity index (χ2n) is 6.58. The average Bonchev–Trinajstić information content (AvgIpc) is 3.06. The van der Waals surface area contributed by atoms with Crippen LogP contribution >= 0.6 is 11.3 Å². The fourth-order valence-corrected chi connectivity index (χ4v) is 3.85. The normalized spacial score (nSPS) is 12.0. The van der Waals surface area contributed by atoms with Gasteiger partial charge in [0.15, 0.2) is 11.9 Å². The third kappa shape index (κ3) is 4.63. The number of aryl methyl sites for hydroxylation is 2. The van der Waals surface area contributed by atoms with Crippen molar-refractivity contribution in [1.29, 1.82) is 0 Å². The molecule has 0 aromatic carbocycles. The zero-order chi connectivity index (χ0) is 20.3. The minimum atomic E-state index is -0.959. The van der Waals surface area contributed by atoms with Crippen molar-refractivity contribution < 1.29 is 19.1 Å². The number of carbonyl (C=O) groups is 3. The van der Waals surface area contributed by atoms with E-state index in [9.17, 15) is 19.2 Å². The molecule has 0 saturated heterocycles. The molecule has 8 heteroatoms. The van der Waals surface area contributed by atoms with Gasteiger partial charge in [-0.1, -0.05) is 11.3 Å². The van der Waals surface area contributed by atoms with Crippen LogP contribution in [0.2, 0.25) is 0 Å². The predicted molar refractivity (Wildman–Crippen MR) is 103 cm³/mol. The highest BCUT2D eigenvalue weighted by Gasteiger charge is 2.25. The van der Waals surface area contributed by atoms with E-state index in [1.807, 2.05) is 6.92 Å². The van der Waals surface area contributed by atoms with Gasteiger partial charge in [-0.2, -0.15) is 0 Å². The van der Waals surface area contributed by atoms with E-state index in [2.05, 4.69) is 4.98 Å². The highest BCUT2D eigenvalue weighted by molar-refractivity contribution is 7.07. The summed E-state index contributed by atoms with van der Waals surface area (Å²) in [6.07, 6.45) is -0.396. The second kappa shape index (κ2) is 8.47. The molecular formula is C19H24N2O5S. The number of thiazole rings is 1. The first-order valence-corrected chi connectivity index (χ1v) is 9.60. The lowest BCUT2D eigenvalue weighted by Gasteiger charge is -2.12. The monoisotopic (exact) mass is 392 g/mol. The van der Waals surface area contributed by atoms with Crippen molar-refractivity contribution in [2.24, 2.45) is 0 Å². The fraction of sp³-hybridized carbons (Fsp3) is 0.474. The Balaban J connectivity index is 1.94. The first-order valence-electron chi connectivity index (χ1n) is 8.72. The Morgan fingerprint density at radius 1 is 1.26 bits per heavy atom. The van der Waals surface area contributed by atoms with Gasteiger partial charge in [0.2, 0.25) is 5.78 Å². The summed E-state index contributed by atoms with van der Waals surface area (Å²) >= 11 is 1.13. The number of aromatic amines is 1. The van der Waals surface area contributed by atoms with Gasteiger partial charge in [0.05, 0.1) is 5.69 Å². The van der Waals surface area contributed by atoms with Crippen LogP contribution in [0.3, 0.4) is 0 Å². The van der Waals surface area contributed by atoms with Crippen molar-refractivity contribution in [1.82, 2.24) is 9.55 Å². The Bertz CT molecular complexity index is 935. The highest BCUT2D eigenvalue weighted by Crippen LogP contribution is 2.20. The third-order valence-electron chi connectivity index (χ3n) is 4.45. The summed E-state index contributed by atoms with van der Waals surface area (Å²) in [6, 6.07) is 0. The SMILES string of the molecule is CC(=O)c1c(C)[nH]c(C(=O)[C@@H](C)OC(=O)CCCn2c(C)csc2=O)c1C. The van der Waals surface area contributed by atoms with Gasteiger partial charge in [0, 0.05) is 35.3 Å². The molecule has 2 heterocycles. The minimum absolute atomic E-state index is 0.0525. The van der Waals surface area contributed by atoms with Crippen LogP contribution in [0.4, 0.5) is 0 Å². The molecule has 1 atom stereocenters. The number of ether oxygens (including phenoxy) is 1. The first kappa shape index (κ1) is 20.8. The fourth-order valence-electron chi connectivity index (χ4n) is 3.09. The molecule has 2 aromatic rings. The molecule has 0 spiro atoms. The molecule has 0 aliphatic rings. The third-order valence-corrected chi connectivity index (χ3v) is 5.33. The molecule has 0 aliphatic carbocycles. The molecule has 0 saturated carbocycles. The number of nitrogens with one attached hydrogen (secondary N) is 1. The largest absolute Gasteiger partial charge is 0.454 e. The van der Waals surface area contributed by atoms with Crippen LogP contribution in [0.25, 0.3) is 0 Å². The summed E-state index contributed by atoms with van der Waals surface area (Å²) in [5.74, 6) is -0.991. The molecule has 2 aromatic heterocycles. The van der Waals surface area contributed by atoms with Crippen molar-refractivity contribution in [3.05, 3.63) is 43.3 Å². The maximum Gasteiger partial charge on any atom is 0.307 e. The van der Waals surface area contributed by atoms with E-state index >= 15 is 0 Å². The van der Waals surface area contributed by atoms with Crippen LogP contribution in [0.15, 0.2) is 10.2 Å². The van der Waals surface area contributed by atoms with Gasteiger partial charge in [0.1, 0.15) is 0 Å². The van der Waals surface area contributed by atoms with Gasteiger partial charge < -0.3 is 14.3 Å². The topological polar surface area (TPSA) is 98.2 Å². The number of esters is 1. The molecule has 0 bridgehead atoms. The molecule has 27 heavy (non-hydrogen) atoms. The maximum atomic E-state index is 12.6. The number of aromatic nitrogens is 2. The van der Waals surface area contributed by atoms with Gasteiger partial charge >= 0.3 is 10.8 Å². The lowest BCUT2D eigenvalue weighted by molar-refractivity contribution is -0.146. The van der Waals surface area contributed by atoms with E-state index in [-0.39, 0.29) is 22.9 Å². The minimum Gasteiger partial charge on any atom is -0.454 e. The summed E-state index contributed by atoms with van der Waals surface area (Å²) < 4.78 is 6.84. The number of H-pyrrole nitrogens is 1. The number of rotatable bonds is 8. The first-order chi connectivity index (χ1) is 12.6. The van der Waals surface area contributed by atoms with E-state index in [0.29, 0.717) is 35.5 Å². The standard InChI is InChI=1S/C19H24N2O5S/c1-10-9-27-19(25)21(10)8-6-7-15(23)26-14(5)18(24)17-11(2)16(13(4)22)12(3)20-17/h9,14,20H,6-8H2,1-5H3/t14-/m1/s1. The van der Waals surface area contributed by atoms with E-state index < -0.39 is 12.1 Å². The number of nitrogens with zero attached hydrogens (tertiary/aromatic N) is 1. The quantitative estimate of drug-likeness (QED) is 0.550. The van der Waals surface area contributed by atoms with E-state index in [0.717, 1.165) is 17.0 Å². The van der Waals surface area contributed by atoms with E-state index in [1.165, 1.54) is 13.8 Å². The maximum absolute atomic E-state index is 12.6. The molecule has 2 rings (SSSR count). The molecule has 0 amide bonds. The summed E-state index contributed by atoms with van der Waals surface area (Å²) in [6.45, 7) is 8.65. The zero-order valence-electron chi connectivity index (χ0n) is 16.2. The Morgan fingerprint density at radius 3 is 2.44 bits per heavy atom. The number of hydrogen-bond acceptors (Lipinski definition) is 6. The molecule has 0 unspecified atom stereocenters. The van der Waals surface area contributed by atoms with Gasteiger partial charge in [0.25, 0.3) is 0 Å². The van der Waals surface area contributed by atoms with Crippen molar-refractivity contribution >= 4 is 28.9 Å². The summed E-state index contributed by atoms with van der Waals surface area (Å²) in [5, 5.41) is 1.78. The number of hydrogen-bond donors (Lipinski definition) is 1. The Morgan fingerprint density at radius 2 is 1.93 bits per heavy atom. The van der Waals surface area contributed by atoms with Crippen molar-refractivity contribution in [3.63, 3.8) is 0 Å². The number of carbonyl (C=O) groups excluding carboxylic acids is 3. The summed E-state index contributed by atoms with van der Waals surface area (Å²) in [7, 11) is 0. The highest BCUT2D eigenvalue weighted by atomic mass is 32.1. The Labute approximate surface area is 161 Å². The molecule has 146 valence electrons. The number of ketones is 2. The van der Waals surface area contributed by atoms with E-state index in [1.54, 1.807) is 23.8 Å². The van der Waals surface area contributed by atoms with Crippen molar-refractivity contribution in [2.45, 2.75) is 60.1 Å². The number of Topliss-reactive ketones (excluding diaryl/α,β-unsaturated/α-hetero) is 2. The summed E-state index contributed by atoms with van der Waals surface area (Å²) in [5.41, 5.74) is 2.84. The molecular weight excluding hydrogens is 368 g/mol. The van der Waals surface area contributed by atoms with E-state index in [4.69, 9.17) is 4.74 Å². The van der Waals surface area contributed by atoms with Crippen molar-refractivity contribution in [2.75, 3.05) is 0 Å². The van der Waals surface area contributed by atoms with Gasteiger partial charge in [-0.25, -0.2) is 0 Å². The predicted octanol–water partition coefficient (Wildman–Crippen LogP) is 2.96. The van der Waals surface area contributed by atoms with Crippen LogP contribution in [0.5, 0.6) is 0 Å². The summed E-state index contributed by atoms with van der Waals surface area (Å²) in [4.78, 5) is 50.8. The van der Waals surface area contributed by atoms with Crippen LogP contribution in [-0.4, -0.2) is 33.2 Å². The van der Waals surface area contributed by atoms with Crippen LogP contribution in [0, 0.1) is 20.8 Å². The molecule has 7 nitrogen and oxygen atoms in total. The van der Waals surface area contributed by atoms with Crippen molar-refractivity contribution in [3.8, 4) is 0 Å². The van der Waals surface area contributed by atoms with Gasteiger partial charge in [-0.05, 0) is 46.6 Å². The Hall–Kier alpha value is -2.48. The zero-order valence-corrected chi connectivity index (χ0v) is 17.0. The van der Waals surface area contributed by atoms with Crippen LogP contribution in [-0.2, 0) is 16.1 Å². The lowest BCUT2D eigenvalue weighted by Crippen LogP contribution is -2.25. The van der Waals surface area contributed by atoms with Crippen LogP contribution < -0.4 is 4.87 Å². The second-order valence-corrected chi connectivity index (χ2v) is 7.40. The average molecular weight is 392 g/mol.